The Labute approximate surface area is 150 Å². The number of carbonyl (C=O) groups excluding carboxylic acids is 1. The van der Waals surface area contributed by atoms with Gasteiger partial charge in [-0.1, -0.05) is 25.3 Å². The molecule has 0 radical (unpaired) electrons. The van der Waals surface area contributed by atoms with Gasteiger partial charge in [0.05, 0.1) is 12.3 Å². The molecule has 8 heteroatoms. The Morgan fingerprint density at radius 1 is 1.36 bits per heavy atom. The fourth-order valence-corrected chi connectivity index (χ4v) is 3.99. The van der Waals surface area contributed by atoms with Crippen LogP contribution in [0, 0.1) is 0 Å². The first-order chi connectivity index (χ1) is 11.8. The molecule has 1 aliphatic carbocycles. The number of anilines is 1. The summed E-state index contributed by atoms with van der Waals surface area (Å²) in [6, 6.07) is 3.45. The summed E-state index contributed by atoms with van der Waals surface area (Å²) in [7, 11) is -1.37. The largest absolute Gasteiger partial charge is 0.356 e. The average Bonchev–Trinajstić information content (AvgIpc) is 2.58. The van der Waals surface area contributed by atoms with Crippen molar-refractivity contribution in [3.05, 3.63) is 23.9 Å². The van der Waals surface area contributed by atoms with Crippen molar-refractivity contribution >= 4 is 21.7 Å². The lowest BCUT2D eigenvalue weighted by molar-refractivity contribution is -0.122. The highest BCUT2D eigenvalue weighted by atomic mass is 32.2. The molecular formula is C17H28N4O3S. The van der Waals surface area contributed by atoms with Gasteiger partial charge in [0.25, 0.3) is 0 Å². The molecule has 0 unspecified atom stereocenters. The maximum atomic E-state index is 12.1. The molecule has 0 bridgehead atoms. The Bertz CT molecular complexity index is 687. The van der Waals surface area contributed by atoms with Crippen molar-refractivity contribution in [1.82, 2.24) is 15.0 Å². The molecule has 1 fully saturated rings. The molecule has 0 saturated heterocycles. The van der Waals surface area contributed by atoms with Crippen molar-refractivity contribution in [3.63, 3.8) is 0 Å². The molecule has 7 nitrogen and oxygen atoms in total. The zero-order valence-corrected chi connectivity index (χ0v) is 16.0. The number of hydrogen-bond donors (Lipinski definition) is 2. The predicted molar refractivity (Wildman–Crippen MR) is 98.8 cm³/mol. The molecular weight excluding hydrogens is 340 g/mol. The van der Waals surface area contributed by atoms with Crippen LogP contribution in [0.15, 0.2) is 18.3 Å². The Morgan fingerprint density at radius 3 is 2.68 bits per heavy atom. The van der Waals surface area contributed by atoms with Gasteiger partial charge < -0.3 is 10.2 Å². The third kappa shape index (κ3) is 5.97. The molecule has 1 aliphatic rings. The van der Waals surface area contributed by atoms with Crippen LogP contribution in [0.1, 0.15) is 44.6 Å². The van der Waals surface area contributed by atoms with Crippen LogP contribution in [0.2, 0.25) is 0 Å². The number of sulfonamides is 1. The second kappa shape index (κ2) is 8.62. The molecule has 1 saturated carbocycles. The highest BCUT2D eigenvalue weighted by molar-refractivity contribution is 7.88. The Balaban J connectivity index is 2.01. The van der Waals surface area contributed by atoms with Crippen LogP contribution in [-0.2, 0) is 21.4 Å². The van der Waals surface area contributed by atoms with Gasteiger partial charge in [-0.15, -0.1) is 0 Å². The van der Waals surface area contributed by atoms with Crippen LogP contribution < -0.4 is 14.9 Å². The fourth-order valence-electron chi connectivity index (χ4n) is 3.24. The molecule has 0 aliphatic heterocycles. The summed E-state index contributed by atoms with van der Waals surface area (Å²) in [5, 5.41) is 2.79. The molecule has 1 heterocycles. The van der Waals surface area contributed by atoms with Crippen molar-refractivity contribution in [1.29, 1.82) is 0 Å². The molecule has 2 rings (SSSR count). The quantitative estimate of drug-likeness (QED) is 0.759. The monoisotopic (exact) mass is 368 g/mol. The maximum Gasteiger partial charge on any atom is 0.238 e. The molecule has 2 N–H and O–H groups in total. The van der Waals surface area contributed by atoms with Crippen LogP contribution in [0.5, 0.6) is 0 Å². The van der Waals surface area contributed by atoms with E-state index in [1.807, 2.05) is 12.1 Å². The molecule has 1 atom stereocenters. The number of nitrogens with one attached hydrogen (secondary N) is 2. The lowest BCUT2D eigenvalue weighted by Crippen LogP contribution is -2.44. The summed E-state index contributed by atoms with van der Waals surface area (Å²) < 4.78 is 24.7. The van der Waals surface area contributed by atoms with Crippen molar-refractivity contribution in [3.8, 4) is 0 Å². The number of rotatable bonds is 7. The minimum atomic E-state index is -3.42. The van der Waals surface area contributed by atoms with Gasteiger partial charge in [-0.2, -0.15) is 0 Å². The van der Waals surface area contributed by atoms with E-state index in [0.717, 1.165) is 30.5 Å². The van der Waals surface area contributed by atoms with E-state index in [9.17, 15) is 13.2 Å². The van der Waals surface area contributed by atoms with Crippen LogP contribution in [0.4, 0.5) is 5.82 Å². The lowest BCUT2D eigenvalue weighted by atomic mass is 9.94. The van der Waals surface area contributed by atoms with E-state index >= 15 is 0 Å². The molecule has 1 aromatic heterocycles. The summed E-state index contributed by atoms with van der Waals surface area (Å²) in [5.41, 5.74) is 0.926. The van der Waals surface area contributed by atoms with Gasteiger partial charge in [-0.3, -0.25) is 4.79 Å². The third-order valence-electron chi connectivity index (χ3n) is 4.56. The highest BCUT2D eigenvalue weighted by Gasteiger charge is 2.22. The minimum absolute atomic E-state index is 0.314. The predicted octanol–water partition coefficient (Wildman–Crippen LogP) is 1.40. The van der Waals surface area contributed by atoms with Crippen LogP contribution >= 0.6 is 0 Å². The smallest absolute Gasteiger partial charge is 0.238 e. The molecule has 1 aromatic rings. The van der Waals surface area contributed by atoms with E-state index in [-0.39, 0.29) is 5.91 Å². The Hall–Kier alpha value is -1.67. The van der Waals surface area contributed by atoms with Gasteiger partial charge in [0.1, 0.15) is 5.82 Å². The first-order valence-corrected chi connectivity index (χ1v) is 10.6. The van der Waals surface area contributed by atoms with Crippen LogP contribution in [-0.4, -0.2) is 44.7 Å². The van der Waals surface area contributed by atoms with Gasteiger partial charge in [0.15, 0.2) is 0 Å². The van der Waals surface area contributed by atoms with Gasteiger partial charge in [0, 0.05) is 31.4 Å². The Kier molecular flexibility index (Phi) is 6.78. The van der Waals surface area contributed by atoms with E-state index in [2.05, 4.69) is 27.0 Å². The first kappa shape index (κ1) is 19.7. The standard InChI is InChI=1S/C17H28N4O3S/c1-13(20-25(3,23)24)17(22)19-12-14-8-7-11-18-16(14)21(2)15-9-5-4-6-10-15/h7-8,11,13,15,20H,4-6,9-10,12H2,1-3H3,(H,19,22)/t13-/m0/s1. The van der Waals surface area contributed by atoms with Crippen molar-refractivity contribution < 1.29 is 13.2 Å². The van der Waals surface area contributed by atoms with Crippen LogP contribution in [0.3, 0.4) is 0 Å². The maximum absolute atomic E-state index is 12.1. The Morgan fingerprint density at radius 2 is 2.04 bits per heavy atom. The zero-order valence-electron chi connectivity index (χ0n) is 15.2. The first-order valence-electron chi connectivity index (χ1n) is 8.69. The second-order valence-electron chi connectivity index (χ2n) is 6.72. The summed E-state index contributed by atoms with van der Waals surface area (Å²) in [6.07, 6.45) is 8.89. The summed E-state index contributed by atoms with van der Waals surface area (Å²) in [5.74, 6) is 0.513. The summed E-state index contributed by atoms with van der Waals surface area (Å²) in [6.45, 7) is 1.84. The summed E-state index contributed by atoms with van der Waals surface area (Å²) >= 11 is 0. The fraction of sp³-hybridized carbons (Fsp3) is 0.647. The van der Waals surface area contributed by atoms with Crippen molar-refractivity contribution in [2.45, 2.75) is 57.7 Å². The zero-order chi connectivity index (χ0) is 18.4. The number of carbonyl (C=O) groups is 1. The van der Waals surface area contributed by atoms with Gasteiger partial charge in [-0.05, 0) is 25.8 Å². The minimum Gasteiger partial charge on any atom is -0.356 e. The normalized spacial score (nSPS) is 17.1. The van der Waals surface area contributed by atoms with E-state index in [0.29, 0.717) is 12.6 Å². The molecule has 1 amide bonds. The third-order valence-corrected chi connectivity index (χ3v) is 5.34. The van der Waals surface area contributed by atoms with Gasteiger partial charge in [-0.25, -0.2) is 18.1 Å². The number of nitrogens with zero attached hydrogens (tertiary/aromatic N) is 2. The summed E-state index contributed by atoms with van der Waals surface area (Å²) in [4.78, 5) is 18.8. The highest BCUT2D eigenvalue weighted by Crippen LogP contribution is 2.26. The average molecular weight is 369 g/mol. The van der Waals surface area contributed by atoms with Crippen LogP contribution in [0.25, 0.3) is 0 Å². The van der Waals surface area contributed by atoms with E-state index in [1.54, 1.807) is 6.20 Å². The molecule has 0 spiro atoms. The number of hydrogen-bond acceptors (Lipinski definition) is 5. The topological polar surface area (TPSA) is 91.4 Å². The van der Waals surface area contributed by atoms with E-state index in [4.69, 9.17) is 0 Å². The van der Waals surface area contributed by atoms with Gasteiger partial charge in [0.2, 0.25) is 15.9 Å². The van der Waals surface area contributed by atoms with E-state index < -0.39 is 16.1 Å². The lowest BCUT2D eigenvalue weighted by Gasteiger charge is -2.33. The molecule has 25 heavy (non-hydrogen) atoms. The SMILES string of the molecule is C[C@H](NS(C)(=O)=O)C(=O)NCc1cccnc1N(C)C1CCCCC1. The van der Waals surface area contributed by atoms with Crippen molar-refractivity contribution in [2.75, 3.05) is 18.2 Å². The second-order valence-corrected chi connectivity index (χ2v) is 8.50. The number of pyridine rings is 1. The van der Waals surface area contributed by atoms with Crippen molar-refractivity contribution in [2.24, 2.45) is 0 Å². The van der Waals surface area contributed by atoms with E-state index in [1.165, 1.54) is 26.2 Å². The molecule has 140 valence electrons. The molecule has 0 aromatic carbocycles. The number of amides is 1. The van der Waals surface area contributed by atoms with Gasteiger partial charge >= 0.3 is 0 Å². The number of aromatic nitrogens is 1.